The van der Waals surface area contributed by atoms with Crippen LogP contribution < -0.4 is 5.32 Å². The zero-order chi connectivity index (χ0) is 14.1. The topological polar surface area (TPSA) is 59.8 Å². The molecule has 1 unspecified atom stereocenters. The Morgan fingerprint density at radius 1 is 1.50 bits per heavy atom. The standard InChI is InChI=1S/C14H15FN4O/c1-19-12-6-2-4-10(9(12)8-16-19)18-14(20)11-5-3-7-13(15)17-11/h3,5,7-8,10H,2,4,6H2,1H3,(H,18,20). The molecule has 2 heterocycles. The number of carbonyl (C=O) groups excluding carboxylic acids is 1. The van der Waals surface area contributed by atoms with Crippen molar-refractivity contribution in [2.45, 2.75) is 25.3 Å². The number of carbonyl (C=O) groups is 1. The van der Waals surface area contributed by atoms with Crippen LogP contribution in [0.5, 0.6) is 0 Å². The molecule has 2 aromatic rings. The fraction of sp³-hybridized carbons (Fsp3) is 0.357. The van der Waals surface area contributed by atoms with Gasteiger partial charge in [0.25, 0.3) is 5.91 Å². The second kappa shape index (κ2) is 5.03. The minimum Gasteiger partial charge on any atom is -0.344 e. The predicted octanol–water partition coefficient (Wildman–Crippen LogP) is 1.76. The van der Waals surface area contributed by atoms with Crippen molar-refractivity contribution in [2.24, 2.45) is 7.05 Å². The van der Waals surface area contributed by atoms with Gasteiger partial charge in [-0.15, -0.1) is 0 Å². The summed E-state index contributed by atoms with van der Waals surface area (Å²) >= 11 is 0. The lowest BCUT2D eigenvalue weighted by atomic mass is 9.93. The molecule has 1 N–H and O–H groups in total. The van der Waals surface area contributed by atoms with E-state index in [1.165, 1.54) is 18.2 Å². The molecule has 5 nitrogen and oxygen atoms in total. The van der Waals surface area contributed by atoms with Crippen LogP contribution in [0.15, 0.2) is 24.4 Å². The summed E-state index contributed by atoms with van der Waals surface area (Å²) in [5.41, 5.74) is 2.29. The van der Waals surface area contributed by atoms with Gasteiger partial charge >= 0.3 is 0 Å². The van der Waals surface area contributed by atoms with E-state index in [9.17, 15) is 9.18 Å². The second-order valence-electron chi connectivity index (χ2n) is 4.93. The van der Waals surface area contributed by atoms with Crippen LogP contribution in [-0.4, -0.2) is 20.7 Å². The first-order valence-electron chi connectivity index (χ1n) is 6.59. The van der Waals surface area contributed by atoms with E-state index in [0.717, 1.165) is 30.5 Å². The van der Waals surface area contributed by atoms with Gasteiger partial charge in [0.05, 0.1) is 12.2 Å². The summed E-state index contributed by atoms with van der Waals surface area (Å²) in [4.78, 5) is 15.7. The van der Waals surface area contributed by atoms with Gasteiger partial charge in [-0.2, -0.15) is 9.49 Å². The van der Waals surface area contributed by atoms with Crippen LogP contribution in [0.25, 0.3) is 0 Å². The number of fused-ring (bicyclic) bond motifs is 1. The zero-order valence-electron chi connectivity index (χ0n) is 11.1. The molecule has 2 aromatic heterocycles. The Morgan fingerprint density at radius 3 is 3.15 bits per heavy atom. The predicted molar refractivity (Wildman–Crippen MR) is 70.5 cm³/mol. The number of rotatable bonds is 2. The van der Waals surface area contributed by atoms with Crippen molar-refractivity contribution >= 4 is 5.91 Å². The van der Waals surface area contributed by atoms with Crippen molar-refractivity contribution in [1.82, 2.24) is 20.1 Å². The van der Waals surface area contributed by atoms with Crippen molar-refractivity contribution in [3.8, 4) is 0 Å². The molecule has 1 atom stereocenters. The molecule has 6 heteroatoms. The number of nitrogens with one attached hydrogen (secondary N) is 1. The molecule has 20 heavy (non-hydrogen) atoms. The third kappa shape index (κ3) is 2.29. The van der Waals surface area contributed by atoms with Crippen molar-refractivity contribution in [2.75, 3.05) is 0 Å². The summed E-state index contributed by atoms with van der Waals surface area (Å²) in [6, 6.07) is 4.13. The van der Waals surface area contributed by atoms with Gasteiger partial charge in [0.1, 0.15) is 5.69 Å². The van der Waals surface area contributed by atoms with Gasteiger partial charge in [0.15, 0.2) is 0 Å². The van der Waals surface area contributed by atoms with Gasteiger partial charge < -0.3 is 5.32 Å². The second-order valence-corrected chi connectivity index (χ2v) is 4.93. The van der Waals surface area contributed by atoms with Gasteiger partial charge in [0, 0.05) is 18.3 Å². The van der Waals surface area contributed by atoms with E-state index in [0.29, 0.717) is 0 Å². The highest BCUT2D eigenvalue weighted by molar-refractivity contribution is 5.92. The molecular formula is C14H15FN4O. The summed E-state index contributed by atoms with van der Waals surface area (Å²) in [7, 11) is 1.90. The van der Waals surface area contributed by atoms with E-state index in [1.807, 2.05) is 11.7 Å². The fourth-order valence-corrected chi connectivity index (χ4v) is 2.62. The molecule has 0 fully saturated rings. The molecule has 0 spiro atoms. The average molecular weight is 274 g/mol. The SMILES string of the molecule is Cn1ncc2c1CCCC2NC(=O)c1cccc(F)n1. The Kier molecular flexibility index (Phi) is 3.22. The molecular weight excluding hydrogens is 259 g/mol. The Morgan fingerprint density at radius 2 is 2.35 bits per heavy atom. The van der Waals surface area contributed by atoms with Gasteiger partial charge in [-0.3, -0.25) is 9.48 Å². The average Bonchev–Trinajstić information content (AvgIpc) is 2.82. The maximum Gasteiger partial charge on any atom is 0.270 e. The first-order chi connectivity index (χ1) is 9.65. The van der Waals surface area contributed by atoms with Crippen LogP contribution in [0.4, 0.5) is 4.39 Å². The normalized spacial score (nSPS) is 17.6. The van der Waals surface area contributed by atoms with Crippen molar-refractivity contribution < 1.29 is 9.18 Å². The summed E-state index contributed by atoms with van der Waals surface area (Å²) in [6.45, 7) is 0. The van der Waals surface area contributed by atoms with E-state index < -0.39 is 5.95 Å². The Hall–Kier alpha value is -2.24. The molecule has 0 saturated carbocycles. The van der Waals surface area contributed by atoms with Gasteiger partial charge in [-0.1, -0.05) is 6.07 Å². The van der Waals surface area contributed by atoms with Gasteiger partial charge in [-0.05, 0) is 31.4 Å². The first-order valence-corrected chi connectivity index (χ1v) is 6.59. The molecule has 1 aliphatic carbocycles. The van der Waals surface area contributed by atoms with E-state index in [4.69, 9.17) is 0 Å². The quantitative estimate of drug-likeness (QED) is 0.849. The third-order valence-corrected chi connectivity index (χ3v) is 3.63. The largest absolute Gasteiger partial charge is 0.344 e. The monoisotopic (exact) mass is 274 g/mol. The van der Waals surface area contributed by atoms with Crippen LogP contribution >= 0.6 is 0 Å². The number of halogens is 1. The van der Waals surface area contributed by atoms with E-state index in [1.54, 1.807) is 6.20 Å². The molecule has 3 rings (SSSR count). The van der Waals surface area contributed by atoms with E-state index in [-0.39, 0.29) is 17.6 Å². The van der Waals surface area contributed by atoms with Gasteiger partial charge in [-0.25, -0.2) is 4.98 Å². The zero-order valence-corrected chi connectivity index (χ0v) is 11.1. The van der Waals surface area contributed by atoms with Crippen molar-refractivity contribution in [3.05, 3.63) is 47.3 Å². The summed E-state index contributed by atoms with van der Waals surface area (Å²) < 4.78 is 14.9. The van der Waals surface area contributed by atoms with E-state index >= 15 is 0 Å². The number of aryl methyl sites for hydroxylation is 1. The molecule has 1 aliphatic rings. The van der Waals surface area contributed by atoms with Crippen LogP contribution in [0.3, 0.4) is 0 Å². The van der Waals surface area contributed by atoms with Crippen molar-refractivity contribution in [3.63, 3.8) is 0 Å². The minimum absolute atomic E-state index is 0.0787. The highest BCUT2D eigenvalue weighted by Gasteiger charge is 2.25. The van der Waals surface area contributed by atoms with Crippen LogP contribution in [0.1, 0.15) is 40.6 Å². The lowest BCUT2D eigenvalue weighted by Gasteiger charge is -2.23. The summed E-state index contributed by atoms with van der Waals surface area (Å²) in [5.74, 6) is -1.01. The molecule has 0 bridgehead atoms. The number of pyridine rings is 1. The minimum atomic E-state index is -0.650. The molecule has 0 radical (unpaired) electrons. The number of amides is 1. The summed E-state index contributed by atoms with van der Waals surface area (Å²) in [6.07, 6.45) is 4.61. The Balaban J connectivity index is 1.80. The Labute approximate surface area is 115 Å². The highest BCUT2D eigenvalue weighted by Crippen LogP contribution is 2.29. The molecule has 0 aromatic carbocycles. The van der Waals surface area contributed by atoms with Crippen LogP contribution in [0, 0.1) is 5.95 Å². The van der Waals surface area contributed by atoms with Crippen LogP contribution in [-0.2, 0) is 13.5 Å². The lowest BCUT2D eigenvalue weighted by molar-refractivity contribution is 0.0926. The number of hydrogen-bond donors (Lipinski definition) is 1. The molecule has 104 valence electrons. The van der Waals surface area contributed by atoms with E-state index in [2.05, 4.69) is 15.4 Å². The van der Waals surface area contributed by atoms with Crippen LogP contribution in [0.2, 0.25) is 0 Å². The number of aromatic nitrogens is 3. The fourth-order valence-electron chi connectivity index (χ4n) is 2.62. The summed E-state index contributed by atoms with van der Waals surface area (Å²) in [5, 5.41) is 7.14. The smallest absolute Gasteiger partial charge is 0.270 e. The maximum atomic E-state index is 13.0. The molecule has 1 amide bonds. The number of nitrogens with zero attached hydrogens (tertiary/aromatic N) is 3. The molecule has 0 saturated heterocycles. The van der Waals surface area contributed by atoms with Crippen molar-refractivity contribution in [1.29, 1.82) is 0 Å². The lowest BCUT2D eigenvalue weighted by Crippen LogP contribution is -2.31. The third-order valence-electron chi connectivity index (χ3n) is 3.63. The highest BCUT2D eigenvalue weighted by atomic mass is 19.1. The molecule has 0 aliphatic heterocycles. The first kappa shape index (κ1) is 12.8. The van der Waals surface area contributed by atoms with Gasteiger partial charge in [0.2, 0.25) is 5.95 Å². The number of hydrogen-bond acceptors (Lipinski definition) is 3. The maximum absolute atomic E-state index is 13.0. The Bertz CT molecular complexity index is 652.